The summed E-state index contributed by atoms with van der Waals surface area (Å²) in [5.41, 5.74) is 3.52. The fraction of sp³-hybridized carbons (Fsp3) is 0.167. The Morgan fingerprint density at radius 2 is 2.00 bits per heavy atom. The molecule has 0 saturated heterocycles. The fourth-order valence-corrected chi connectivity index (χ4v) is 2.63. The summed E-state index contributed by atoms with van der Waals surface area (Å²) in [5.74, 6) is 0. The molecule has 0 bridgehead atoms. The summed E-state index contributed by atoms with van der Waals surface area (Å²) in [6.07, 6.45) is 1.74. The van der Waals surface area contributed by atoms with Gasteiger partial charge in [0.25, 0.3) is 5.56 Å². The van der Waals surface area contributed by atoms with E-state index in [1.807, 2.05) is 43.3 Å². The van der Waals surface area contributed by atoms with Gasteiger partial charge >= 0.3 is 0 Å². The van der Waals surface area contributed by atoms with Crippen molar-refractivity contribution < 1.29 is 0 Å². The maximum Gasteiger partial charge on any atom is 0.269 e. The van der Waals surface area contributed by atoms with Crippen molar-refractivity contribution in [1.29, 1.82) is 5.26 Å². The molecule has 0 aliphatic rings. The summed E-state index contributed by atoms with van der Waals surface area (Å²) in [6.45, 7) is 4.14. The third-order valence-corrected chi connectivity index (χ3v) is 3.76. The number of aryl methyl sites for hydroxylation is 2. The second-order valence-corrected chi connectivity index (χ2v) is 5.36. The van der Waals surface area contributed by atoms with Crippen molar-refractivity contribution in [3.63, 3.8) is 0 Å². The van der Waals surface area contributed by atoms with E-state index in [4.69, 9.17) is 5.26 Å². The molecule has 2 aromatic heterocycles. The third-order valence-electron chi connectivity index (χ3n) is 3.76. The number of hydrogen-bond donors (Lipinski definition) is 0. The highest BCUT2D eigenvalue weighted by Crippen LogP contribution is 2.19. The second kappa shape index (κ2) is 5.45. The molecule has 2 heterocycles. The van der Waals surface area contributed by atoms with Crippen LogP contribution in [0.1, 0.15) is 22.4 Å². The van der Waals surface area contributed by atoms with Gasteiger partial charge in [-0.25, -0.2) is 0 Å². The van der Waals surface area contributed by atoms with Gasteiger partial charge in [-0.05, 0) is 43.2 Å². The molecular formula is C18H15N3O. The van der Waals surface area contributed by atoms with E-state index in [1.54, 1.807) is 23.8 Å². The Labute approximate surface area is 128 Å². The van der Waals surface area contributed by atoms with Crippen LogP contribution in [-0.2, 0) is 6.54 Å². The van der Waals surface area contributed by atoms with E-state index in [2.05, 4.69) is 4.98 Å². The molecule has 4 heteroatoms. The summed E-state index contributed by atoms with van der Waals surface area (Å²) >= 11 is 0. The first-order valence-corrected chi connectivity index (χ1v) is 7.05. The SMILES string of the molecule is Cc1cc(Cn2ccc(C)c(C#N)c2=O)c2ccccc2n1. The van der Waals surface area contributed by atoms with Crippen LogP contribution in [0.5, 0.6) is 0 Å². The van der Waals surface area contributed by atoms with Crippen molar-refractivity contribution in [2.75, 3.05) is 0 Å². The molecule has 4 nitrogen and oxygen atoms in total. The Balaban J connectivity index is 2.16. The van der Waals surface area contributed by atoms with Crippen molar-refractivity contribution in [2.45, 2.75) is 20.4 Å². The average molecular weight is 289 g/mol. The minimum absolute atomic E-state index is 0.206. The molecule has 3 aromatic rings. The molecule has 0 N–H and O–H groups in total. The van der Waals surface area contributed by atoms with Crippen LogP contribution in [0.15, 0.2) is 47.4 Å². The van der Waals surface area contributed by atoms with Crippen LogP contribution >= 0.6 is 0 Å². The van der Waals surface area contributed by atoms with Gasteiger partial charge < -0.3 is 4.57 Å². The molecule has 0 amide bonds. The number of para-hydroxylation sites is 1. The molecule has 0 spiro atoms. The number of nitriles is 1. The summed E-state index contributed by atoms with van der Waals surface area (Å²) in [5, 5.41) is 10.2. The van der Waals surface area contributed by atoms with E-state index in [9.17, 15) is 4.79 Å². The largest absolute Gasteiger partial charge is 0.310 e. The Morgan fingerprint density at radius 3 is 2.77 bits per heavy atom. The minimum atomic E-state index is -0.249. The van der Waals surface area contributed by atoms with E-state index in [1.165, 1.54) is 0 Å². The van der Waals surface area contributed by atoms with E-state index in [0.717, 1.165) is 22.2 Å². The maximum atomic E-state index is 12.4. The van der Waals surface area contributed by atoms with E-state index in [0.29, 0.717) is 12.1 Å². The monoisotopic (exact) mass is 289 g/mol. The predicted molar refractivity (Wildman–Crippen MR) is 85.7 cm³/mol. The lowest BCUT2D eigenvalue weighted by molar-refractivity contribution is 0.757. The maximum absolute atomic E-state index is 12.4. The number of fused-ring (bicyclic) bond motifs is 1. The lowest BCUT2D eigenvalue weighted by Crippen LogP contribution is -2.23. The lowest BCUT2D eigenvalue weighted by atomic mass is 10.1. The highest BCUT2D eigenvalue weighted by atomic mass is 16.1. The van der Waals surface area contributed by atoms with Gasteiger partial charge in [0.2, 0.25) is 0 Å². The first-order valence-electron chi connectivity index (χ1n) is 7.05. The van der Waals surface area contributed by atoms with Crippen LogP contribution in [-0.4, -0.2) is 9.55 Å². The zero-order valence-electron chi connectivity index (χ0n) is 12.5. The van der Waals surface area contributed by atoms with Crippen LogP contribution in [0.25, 0.3) is 10.9 Å². The summed E-state index contributed by atoms with van der Waals surface area (Å²) in [4.78, 5) is 16.9. The average Bonchev–Trinajstić information content (AvgIpc) is 2.50. The quantitative estimate of drug-likeness (QED) is 0.728. The molecule has 0 saturated carbocycles. The molecule has 22 heavy (non-hydrogen) atoms. The number of pyridine rings is 2. The number of rotatable bonds is 2. The van der Waals surface area contributed by atoms with Crippen molar-refractivity contribution in [2.24, 2.45) is 0 Å². The van der Waals surface area contributed by atoms with Crippen molar-refractivity contribution in [3.05, 3.63) is 75.3 Å². The van der Waals surface area contributed by atoms with Gasteiger partial charge in [-0.2, -0.15) is 5.26 Å². The Morgan fingerprint density at radius 1 is 1.23 bits per heavy atom. The third kappa shape index (κ3) is 2.38. The van der Waals surface area contributed by atoms with Crippen molar-refractivity contribution >= 4 is 10.9 Å². The Kier molecular flexibility index (Phi) is 3.48. The van der Waals surface area contributed by atoms with Crippen LogP contribution < -0.4 is 5.56 Å². The van der Waals surface area contributed by atoms with Crippen molar-refractivity contribution in [3.8, 4) is 6.07 Å². The smallest absolute Gasteiger partial charge is 0.269 e. The highest BCUT2D eigenvalue weighted by molar-refractivity contribution is 5.82. The molecule has 0 aliphatic carbocycles. The van der Waals surface area contributed by atoms with E-state index < -0.39 is 0 Å². The molecule has 1 aromatic carbocycles. The van der Waals surface area contributed by atoms with Gasteiger partial charge in [-0.1, -0.05) is 18.2 Å². The van der Waals surface area contributed by atoms with Gasteiger partial charge in [0.05, 0.1) is 12.1 Å². The first-order chi connectivity index (χ1) is 10.6. The minimum Gasteiger partial charge on any atom is -0.310 e. The molecular weight excluding hydrogens is 274 g/mol. The van der Waals surface area contributed by atoms with Crippen molar-refractivity contribution in [1.82, 2.24) is 9.55 Å². The molecule has 108 valence electrons. The van der Waals surface area contributed by atoms with Gasteiger partial charge in [0.15, 0.2) is 0 Å². The summed E-state index contributed by atoms with van der Waals surface area (Å²) in [6, 6.07) is 13.7. The Hall–Kier alpha value is -2.93. The van der Waals surface area contributed by atoms with Crippen LogP contribution in [0, 0.1) is 25.2 Å². The van der Waals surface area contributed by atoms with Crippen LogP contribution in [0.3, 0.4) is 0 Å². The molecule has 0 atom stereocenters. The summed E-state index contributed by atoms with van der Waals surface area (Å²) in [7, 11) is 0. The Bertz CT molecular complexity index is 964. The van der Waals surface area contributed by atoms with Gasteiger partial charge in [-0.15, -0.1) is 0 Å². The lowest BCUT2D eigenvalue weighted by Gasteiger charge is -2.11. The normalized spacial score (nSPS) is 10.6. The van der Waals surface area contributed by atoms with E-state index in [-0.39, 0.29) is 11.1 Å². The number of nitrogens with zero attached hydrogens (tertiary/aromatic N) is 3. The molecule has 0 radical (unpaired) electrons. The zero-order valence-corrected chi connectivity index (χ0v) is 12.5. The highest BCUT2D eigenvalue weighted by Gasteiger charge is 2.09. The van der Waals surface area contributed by atoms with E-state index >= 15 is 0 Å². The molecule has 0 fully saturated rings. The number of benzene rings is 1. The molecule has 3 rings (SSSR count). The zero-order chi connectivity index (χ0) is 15.7. The van der Waals surface area contributed by atoms with Crippen LogP contribution in [0.2, 0.25) is 0 Å². The first kappa shape index (κ1) is 14.0. The standard InChI is InChI=1S/C18H15N3O/c1-12-7-8-21(18(22)16(12)10-19)11-14-9-13(2)20-17-6-4-3-5-15(14)17/h3-9H,11H2,1-2H3. The summed E-state index contributed by atoms with van der Waals surface area (Å²) < 4.78 is 1.58. The molecule has 0 unspecified atom stereocenters. The van der Waals surface area contributed by atoms with Crippen LogP contribution in [0.4, 0.5) is 0 Å². The molecule has 0 aliphatic heterocycles. The number of aromatic nitrogens is 2. The number of hydrogen-bond acceptors (Lipinski definition) is 3. The van der Waals surface area contributed by atoms with Gasteiger partial charge in [0.1, 0.15) is 11.6 Å². The fourth-order valence-electron chi connectivity index (χ4n) is 2.63. The van der Waals surface area contributed by atoms with Gasteiger partial charge in [0, 0.05) is 17.3 Å². The van der Waals surface area contributed by atoms with Gasteiger partial charge in [-0.3, -0.25) is 9.78 Å². The second-order valence-electron chi connectivity index (χ2n) is 5.36. The predicted octanol–water partition coefficient (Wildman–Crippen LogP) is 2.93. The topological polar surface area (TPSA) is 58.7 Å².